The first-order valence-electron chi connectivity index (χ1n) is 5.87. The maximum Gasteiger partial charge on any atom is 0.233 e. The number of rotatable bonds is 3. The number of hydrogen-bond donors (Lipinski definition) is 2. The molecule has 0 aromatic rings. The molecular formula is C12H24N2O. The average Bonchev–Trinajstić information content (AvgIpc) is 2.11. The number of likely N-dealkylation sites (N-methyl/N-ethyl adjacent to an activating group) is 1. The SMILES string of the molecule is CNC(=O)CNC1CC(C)CC(C)(C)C1. The van der Waals surface area contributed by atoms with E-state index in [1.807, 2.05) is 0 Å². The van der Waals surface area contributed by atoms with E-state index in [9.17, 15) is 4.79 Å². The summed E-state index contributed by atoms with van der Waals surface area (Å²) in [5.41, 5.74) is 0.415. The van der Waals surface area contributed by atoms with Gasteiger partial charge in [-0.15, -0.1) is 0 Å². The minimum atomic E-state index is 0.0750. The summed E-state index contributed by atoms with van der Waals surface area (Å²) in [5, 5.41) is 5.98. The number of amides is 1. The van der Waals surface area contributed by atoms with Gasteiger partial charge >= 0.3 is 0 Å². The van der Waals surface area contributed by atoms with Gasteiger partial charge in [-0.1, -0.05) is 20.8 Å². The van der Waals surface area contributed by atoms with E-state index in [-0.39, 0.29) is 5.91 Å². The Bertz CT molecular complexity index is 226. The fraction of sp³-hybridized carbons (Fsp3) is 0.917. The molecule has 0 radical (unpaired) electrons. The summed E-state index contributed by atoms with van der Waals surface area (Å²) in [5.74, 6) is 0.835. The van der Waals surface area contributed by atoms with Crippen molar-refractivity contribution < 1.29 is 4.79 Å². The lowest BCUT2D eigenvalue weighted by Crippen LogP contribution is -2.43. The third-order valence-corrected chi connectivity index (χ3v) is 3.22. The third-order valence-electron chi connectivity index (χ3n) is 3.22. The van der Waals surface area contributed by atoms with Gasteiger partial charge in [0.2, 0.25) is 5.91 Å². The van der Waals surface area contributed by atoms with E-state index in [4.69, 9.17) is 0 Å². The Morgan fingerprint density at radius 1 is 1.40 bits per heavy atom. The molecule has 1 fully saturated rings. The van der Waals surface area contributed by atoms with Gasteiger partial charge in [0.25, 0.3) is 0 Å². The normalized spacial score (nSPS) is 29.9. The molecule has 1 aliphatic carbocycles. The molecule has 0 saturated heterocycles. The quantitative estimate of drug-likeness (QED) is 0.745. The molecule has 2 N–H and O–H groups in total. The molecule has 3 heteroatoms. The van der Waals surface area contributed by atoms with Crippen LogP contribution in [-0.2, 0) is 4.79 Å². The van der Waals surface area contributed by atoms with Crippen LogP contribution in [0.5, 0.6) is 0 Å². The van der Waals surface area contributed by atoms with E-state index in [1.165, 1.54) is 19.3 Å². The second-order valence-corrected chi connectivity index (χ2v) is 5.66. The van der Waals surface area contributed by atoms with Crippen LogP contribution in [0.3, 0.4) is 0 Å². The third kappa shape index (κ3) is 4.20. The lowest BCUT2D eigenvalue weighted by atomic mass is 9.70. The minimum Gasteiger partial charge on any atom is -0.358 e. The zero-order valence-corrected chi connectivity index (χ0v) is 10.4. The Hall–Kier alpha value is -0.570. The van der Waals surface area contributed by atoms with Crippen LogP contribution in [0.15, 0.2) is 0 Å². The largest absolute Gasteiger partial charge is 0.358 e. The Balaban J connectivity index is 2.38. The van der Waals surface area contributed by atoms with Crippen LogP contribution in [0.2, 0.25) is 0 Å². The fourth-order valence-electron chi connectivity index (χ4n) is 2.83. The monoisotopic (exact) mass is 212 g/mol. The molecule has 0 aromatic heterocycles. The molecule has 88 valence electrons. The molecule has 1 rings (SSSR count). The summed E-state index contributed by atoms with van der Waals surface area (Å²) in [6.07, 6.45) is 3.67. The zero-order chi connectivity index (χ0) is 11.5. The Morgan fingerprint density at radius 2 is 2.07 bits per heavy atom. The summed E-state index contributed by atoms with van der Waals surface area (Å²) in [7, 11) is 1.68. The van der Waals surface area contributed by atoms with Gasteiger partial charge in [0, 0.05) is 13.1 Å². The van der Waals surface area contributed by atoms with Crippen LogP contribution in [0.25, 0.3) is 0 Å². The van der Waals surface area contributed by atoms with Crippen molar-refractivity contribution in [3.63, 3.8) is 0 Å². The first kappa shape index (κ1) is 12.5. The van der Waals surface area contributed by atoms with E-state index in [1.54, 1.807) is 7.05 Å². The lowest BCUT2D eigenvalue weighted by molar-refractivity contribution is -0.120. The second-order valence-electron chi connectivity index (χ2n) is 5.66. The van der Waals surface area contributed by atoms with Crippen molar-refractivity contribution in [2.24, 2.45) is 11.3 Å². The first-order chi connectivity index (χ1) is 6.93. The highest BCUT2D eigenvalue weighted by Gasteiger charge is 2.31. The Morgan fingerprint density at radius 3 is 2.60 bits per heavy atom. The standard InChI is InChI=1S/C12H24N2O/c1-9-5-10(7-12(2,3)6-9)14-8-11(15)13-4/h9-10,14H,5-8H2,1-4H3,(H,13,15). The summed E-state index contributed by atoms with van der Waals surface area (Å²) in [6, 6.07) is 0.501. The predicted octanol–water partition coefficient (Wildman–Crippen LogP) is 1.54. The van der Waals surface area contributed by atoms with E-state index >= 15 is 0 Å². The molecule has 0 aromatic carbocycles. The lowest BCUT2D eigenvalue weighted by Gasteiger charge is -2.39. The number of hydrogen-bond acceptors (Lipinski definition) is 2. The average molecular weight is 212 g/mol. The minimum absolute atomic E-state index is 0.0750. The maximum absolute atomic E-state index is 11.1. The molecule has 0 aliphatic heterocycles. The van der Waals surface area contributed by atoms with Gasteiger partial charge in [-0.2, -0.15) is 0 Å². The second kappa shape index (κ2) is 4.97. The van der Waals surface area contributed by atoms with Crippen molar-refractivity contribution in [2.75, 3.05) is 13.6 Å². The fourth-order valence-corrected chi connectivity index (χ4v) is 2.83. The number of carbonyl (C=O) groups is 1. The van der Waals surface area contributed by atoms with Crippen molar-refractivity contribution in [1.29, 1.82) is 0 Å². The topological polar surface area (TPSA) is 41.1 Å². The summed E-state index contributed by atoms with van der Waals surface area (Å²) >= 11 is 0. The molecule has 2 atom stereocenters. The molecule has 1 saturated carbocycles. The molecule has 3 nitrogen and oxygen atoms in total. The summed E-state index contributed by atoms with van der Waals surface area (Å²) < 4.78 is 0. The van der Waals surface area contributed by atoms with Crippen molar-refractivity contribution in [1.82, 2.24) is 10.6 Å². The maximum atomic E-state index is 11.1. The van der Waals surface area contributed by atoms with Gasteiger partial charge in [0.15, 0.2) is 0 Å². The van der Waals surface area contributed by atoms with Crippen molar-refractivity contribution in [2.45, 2.75) is 46.1 Å². The first-order valence-corrected chi connectivity index (χ1v) is 5.87. The zero-order valence-electron chi connectivity index (χ0n) is 10.4. The predicted molar refractivity (Wildman–Crippen MR) is 62.7 cm³/mol. The molecule has 0 spiro atoms. The van der Waals surface area contributed by atoms with E-state index in [0.29, 0.717) is 18.0 Å². The molecule has 15 heavy (non-hydrogen) atoms. The summed E-state index contributed by atoms with van der Waals surface area (Å²) in [4.78, 5) is 11.1. The molecule has 0 heterocycles. The van der Waals surface area contributed by atoms with Gasteiger partial charge in [0.1, 0.15) is 0 Å². The van der Waals surface area contributed by atoms with Crippen molar-refractivity contribution in [3.05, 3.63) is 0 Å². The van der Waals surface area contributed by atoms with Crippen molar-refractivity contribution in [3.8, 4) is 0 Å². The molecular weight excluding hydrogens is 188 g/mol. The van der Waals surface area contributed by atoms with E-state index < -0.39 is 0 Å². The smallest absolute Gasteiger partial charge is 0.233 e. The van der Waals surface area contributed by atoms with Crippen LogP contribution < -0.4 is 10.6 Å². The highest BCUT2D eigenvalue weighted by molar-refractivity contribution is 5.77. The van der Waals surface area contributed by atoms with Gasteiger partial charge in [-0.25, -0.2) is 0 Å². The number of carbonyl (C=O) groups excluding carboxylic acids is 1. The van der Waals surface area contributed by atoms with Crippen LogP contribution in [0.4, 0.5) is 0 Å². The van der Waals surface area contributed by atoms with Crippen LogP contribution in [0.1, 0.15) is 40.0 Å². The van der Waals surface area contributed by atoms with Crippen LogP contribution in [0, 0.1) is 11.3 Å². The molecule has 1 aliphatic rings. The molecule has 0 bridgehead atoms. The Kier molecular flexibility index (Phi) is 4.14. The van der Waals surface area contributed by atoms with E-state index in [0.717, 1.165) is 5.92 Å². The van der Waals surface area contributed by atoms with Gasteiger partial charge in [-0.05, 0) is 30.6 Å². The highest BCUT2D eigenvalue weighted by Crippen LogP contribution is 2.38. The molecule has 2 unspecified atom stereocenters. The van der Waals surface area contributed by atoms with Gasteiger partial charge in [-0.3, -0.25) is 4.79 Å². The number of nitrogens with one attached hydrogen (secondary N) is 2. The van der Waals surface area contributed by atoms with Crippen LogP contribution >= 0.6 is 0 Å². The van der Waals surface area contributed by atoms with Gasteiger partial charge in [0.05, 0.1) is 6.54 Å². The highest BCUT2D eigenvalue weighted by atomic mass is 16.1. The molecule has 1 amide bonds. The Labute approximate surface area is 93.0 Å². The van der Waals surface area contributed by atoms with Gasteiger partial charge < -0.3 is 10.6 Å². The van der Waals surface area contributed by atoms with Crippen LogP contribution in [-0.4, -0.2) is 25.5 Å². The van der Waals surface area contributed by atoms with Crippen molar-refractivity contribution >= 4 is 5.91 Å². The van der Waals surface area contributed by atoms with E-state index in [2.05, 4.69) is 31.4 Å². The summed E-state index contributed by atoms with van der Waals surface area (Å²) in [6.45, 7) is 7.38.